The number of nitrogens with zero attached hydrogens (tertiary/aromatic N) is 1. The monoisotopic (exact) mass is 411 g/mol. The number of halogens is 2. The van der Waals surface area contributed by atoms with Crippen LogP contribution in [-0.2, 0) is 4.84 Å². The number of hydroxylamine groups is 1. The Kier molecular flexibility index (Phi) is 5.30. The Bertz CT molecular complexity index is 759. The second kappa shape index (κ2) is 7.20. The summed E-state index contributed by atoms with van der Waals surface area (Å²) in [6.07, 6.45) is 0. The van der Waals surface area contributed by atoms with Crippen molar-refractivity contribution in [3.8, 4) is 6.07 Å². The highest BCUT2D eigenvalue weighted by molar-refractivity contribution is 14.1. The van der Waals surface area contributed by atoms with Crippen LogP contribution in [-0.4, -0.2) is 13.0 Å². The zero-order valence-electron chi connectivity index (χ0n) is 11.5. The maximum absolute atomic E-state index is 13.9. The maximum Gasteiger partial charge on any atom is 0.276 e. The number of carbonyl (C=O) groups excluding carboxylic acids is 1. The summed E-state index contributed by atoms with van der Waals surface area (Å²) in [5.41, 5.74) is 3.30. The summed E-state index contributed by atoms with van der Waals surface area (Å²) in [6, 6.07) is 11.1. The Balaban J connectivity index is 2.43. The first-order valence-electron chi connectivity index (χ1n) is 6.14. The second-order valence-electron chi connectivity index (χ2n) is 4.26. The largest absolute Gasteiger partial charge is 0.352 e. The van der Waals surface area contributed by atoms with Gasteiger partial charge in [0.2, 0.25) is 0 Å². The Morgan fingerprint density at radius 1 is 1.27 bits per heavy atom. The fraction of sp³-hybridized carbons (Fsp3) is 0.0667. The molecule has 0 aliphatic carbocycles. The number of benzene rings is 2. The molecule has 0 fully saturated rings. The maximum atomic E-state index is 13.9. The highest BCUT2D eigenvalue weighted by Gasteiger charge is 2.14. The molecule has 0 unspecified atom stereocenters. The molecule has 0 saturated carbocycles. The van der Waals surface area contributed by atoms with Gasteiger partial charge >= 0.3 is 0 Å². The molecule has 7 heteroatoms. The third kappa shape index (κ3) is 3.72. The smallest absolute Gasteiger partial charge is 0.276 e. The van der Waals surface area contributed by atoms with Crippen LogP contribution >= 0.6 is 22.6 Å². The van der Waals surface area contributed by atoms with Crippen LogP contribution < -0.4 is 10.8 Å². The SMILES string of the molecule is CONC(=O)c1ccc(C#N)cc1Nc1ccc(I)cc1F. The van der Waals surface area contributed by atoms with Crippen molar-refractivity contribution in [2.45, 2.75) is 0 Å². The van der Waals surface area contributed by atoms with Gasteiger partial charge in [0.25, 0.3) is 5.91 Å². The number of nitrogens with one attached hydrogen (secondary N) is 2. The van der Waals surface area contributed by atoms with Crippen LogP contribution in [0.15, 0.2) is 36.4 Å². The fourth-order valence-corrected chi connectivity index (χ4v) is 2.25. The van der Waals surface area contributed by atoms with Crippen molar-refractivity contribution in [3.05, 3.63) is 56.9 Å². The predicted molar refractivity (Wildman–Crippen MR) is 88.0 cm³/mol. The average molecular weight is 411 g/mol. The summed E-state index contributed by atoms with van der Waals surface area (Å²) in [4.78, 5) is 16.5. The summed E-state index contributed by atoms with van der Waals surface area (Å²) in [5, 5.41) is 11.8. The first kappa shape index (κ1) is 16.2. The average Bonchev–Trinajstić information content (AvgIpc) is 2.50. The van der Waals surface area contributed by atoms with Crippen LogP contribution in [0.3, 0.4) is 0 Å². The van der Waals surface area contributed by atoms with Gasteiger partial charge in [-0.25, -0.2) is 9.87 Å². The lowest BCUT2D eigenvalue weighted by molar-refractivity contribution is 0.0538. The van der Waals surface area contributed by atoms with Crippen molar-refractivity contribution < 1.29 is 14.0 Å². The Morgan fingerprint density at radius 3 is 2.68 bits per heavy atom. The van der Waals surface area contributed by atoms with Gasteiger partial charge in [0.15, 0.2) is 0 Å². The number of anilines is 2. The molecular weight excluding hydrogens is 400 g/mol. The van der Waals surface area contributed by atoms with E-state index in [9.17, 15) is 9.18 Å². The van der Waals surface area contributed by atoms with E-state index in [2.05, 4.69) is 15.6 Å². The number of hydrogen-bond donors (Lipinski definition) is 2. The molecule has 0 bridgehead atoms. The van der Waals surface area contributed by atoms with E-state index in [4.69, 9.17) is 5.26 Å². The number of hydrogen-bond acceptors (Lipinski definition) is 4. The minimum Gasteiger partial charge on any atom is -0.352 e. The van der Waals surface area contributed by atoms with E-state index < -0.39 is 11.7 Å². The molecule has 0 spiro atoms. The van der Waals surface area contributed by atoms with E-state index in [1.807, 2.05) is 28.7 Å². The Morgan fingerprint density at radius 2 is 2.05 bits per heavy atom. The van der Waals surface area contributed by atoms with E-state index in [1.54, 1.807) is 12.1 Å². The molecule has 112 valence electrons. The highest BCUT2D eigenvalue weighted by Crippen LogP contribution is 2.25. The van der Waals surface area contributed by atoms with Crippen molar-refractivity contribution in [1.29, 1.82) is 5.26 Å². The quantitative estimate of drug-likeness (QED) is 0.598. The minimum absolute atomic E-state index is 0.210. The predicted octanol–water partition coefficient (Wildman–Crippen LogP) is 3.34. The molecule has 0 atom stereocenters. The highest BCUT2D eigenvalue weighted by atomic mass is 127. The molecule has 0 saturated heterocycles. The van der Waals surface area contributed by atoms with Gasteiger partial charge in [-0.2, -0.15) is 5.26 Å². The summed E-state index contributed by atoms with van der Waals surface area (Å²) in [6.45, 7) is 0. The van der Waals surface area contributed by atoms with Crippen molar-refractivity contribution in [2.75, 3.05) is 12.4 Å². The first-order chi connectivity index (χ1) is 10.5. The molecule has 0 aliphatic heterocycles. The molecule has 5 nitrogen and oxygen atoms in total. The van der Waals surface area contributed by atoms with Gasteiger partial charge in [0.1, 0.15) is 5.82 Å². The molecule has 0 radical (unpaired) electrons. The number of amides is 1. The third-order valence-electron chi connectivity index (χ3n) is 2.79. The normalized spacial score (nSPS) is 9.91. The molecule has 2 N–H and O–H groups in total. The molecular formula is C15H11FIN3O2. The van der Waals surface area contributed by atoms with Gasteiger partial charge in [-0.05, 0) is 59.0 Å². The Hall–Kier alpha value is -2.18. The van der Waals surface area contributed by atoms with Crippen LogP contribution in [0.2, 0.25) is 0 Å². The zero-order valence-corrected chi connectivity index (χ0v) is 13.6. The molecule has 2 aromatic carbocycles. The van der Waals surface area contributed by atoms with Crippen molar-refractivity contribution >= 4 is 39.9 Å². The molecule has 22 heavy (non-hydrogen) atoms. The molecule has 0 aromatic heterocycles. The van der Waals surface area contributed by atoms with Crippen LogP contribution in [0.25, 0.3) is 0 Å². The Labute approximate surface area is 140 Å². The summed E-state index contributed by atoms with van der Waals surface area (Å²) >= 11 is 2.00. The number of nitriles is 1. The first-order valence-corrected chi connectivity index (χ1v) is 7.22. The van der Waals surface area contributed by atoms with E-state index in [0.717, 1.165) is 3.57 Å². The third-order valence-corrected chi connectivity index (χ3v) is 3.46. The number of carbonyl (C=O) groups is 1. The van der Waals surface area contributed by atoms with Gasteiger partial charge in [0, 0.05) is 3.57 Å². The molecule has 2 rings (SSSR count). The van der Waals surface area contributed by atoms with Gasteiger partial charge in [-0.15, -0.1) is 0 Å². The molecule has 0 heterocycles. The lowest BCUT2D eigenvalue weighted by Crippen LogP contribution is -2.22. The van der Waals surface area contributed by atoms with Crippen LogP contribution in [0.5, 0.6) is 0 Å². The summed E-state index contributed by atoms with van der Waals surface area (Å²) in [5.74, 6) is -0.951. The lowest BCUT2D eigenvalue weighted by atomic mass is 10.1. The van der Waals surface area contributed by atoms with Crippen molar-refractivity contribution in [1.82, 2.24) is 5.48 Å². The van der Waals surface area contributed by atoms with E-state index in [1.165, 1.54) is 31.4 Å². The summed E-state index contributed by atoms with van der Waals surface area (Å²) < 4.78 is 14.7. The van der Waals surface area contributed by atoms with Crippen LogP contribution in [0, 0.1) is 20.7 Å². The van der Waals surface area contributed by atoms with Gasteiger partial charge < -0.3 is 5.32 Å². The minimum atomic E-state index is -0.500. The van der Waals surface area contributed by atoms with Crippen molar-refractivity contribution in [2.24, 2.45) is 0 Å². The molecule has 2 aromatic rings. The zero-order chi connectivity index (χ0) is 16.1. The fourth-order valence-electron chi connectivity index (χ4n) is 1.80. The molecule has 0 aliphatic rings. The van der Waals surface area contributed by atoms with Gasteiger partial charge in [-0.1, -0.05) is 0 Å². The summed E-state index contributed by atoms with van der Waals surface area (Å²) in [7, 11) is 1.31. The molecule has 1 amide bonds. The van der Waals surface area contributed by atoms with Crippen LogP contribution in [0.1, 0.15) is 15.9 Å². The van der Waals surface area contributed by atoms with Gasteiger partial charge in [-0.3, -0.25) is 9.63 Å². The topological polar surface area (TPSA) is 74.1 Å². The van der Waals surface area contributed by atoms with Crippen LogP contribution in [0.4, 0.5) is 15.8 Å². The number of rotatable bonds is 4. The standard InChI is InChI=1S/C15H11FIN3O2/c1-22-20-15(21)11-4-2-9(8-18)6-14(11)19-13-5-3-10(17)7-12(13)16/h2-7,19H,1H3,(H,20,21). The van der Waals surface area contributed by atoms with Gasteiger partial charge in [0.05, 0.1) is 35.7 Å². The van der Waals surface area contributed by atoms with Crippen molar-refractivity contribution in [3.63, 3.8) is 0 Å². The second-order valence-corrected chi connectivity index (χ2v) is 5.50. The lowest BCUT2D eigenvalue weighted by Gasteiger charge is -2.13. The van der Waals surface area contributed by atoms with E-state index in [0.29, 0.717) is 11.3 Å². The van der Waals surface area contributed by atoms with E-state index >= 15 is 0 Å². The van der Waals surface area contributed by atoms with E-state index in [-0.39, 0.29) is 11.3 Å².